The molecule has 0 heterocycles. The van der Waals surface area contributed by atoms with Gasteiger partial charge in [0, 0.05) is 5.56 Å². The van der Waals surface area contributed by atoms with E-state index in [0.717, 1.165) is 5.56 Å². The standard InChI is InChI=1S/C12H16O3/c1-12(2,15)6-5-10-7-9(8-13)3-4-11(10)14/h3-7,13-15H,8H2,1-2H3. The van der Waals surface area contributed by atoms with E-state index < -0.39 is 5.60 Å². The molecular weight excluding hydrogens is 192 g/mol. The number of rotatable bonds is 3. The van der Waals surface area contributed by atoms with E-state index in [1.807, 2.05) is 0 Å². The molecule has 0 amide bonds. The average molecular weight is 208 g/mol. The average Bonchev–Trinajstić information content (AvgIpc) is 2.15. The molecule has 0 aliphatic rings. The van der Waals surface area contributed by atoms with Crippen LogP contribution in [0.2, 0.25) is 0 Å². The molecule has 3 N–H and O–H groups in total. The molecule has 0 fully saturated rings. The Labute approximate surface area is 89.3 Å². The summed E-state index contributed by atoms with van der Waals surface area (Å²) in [5.41, 5.74) is 0.397. The van der Waals surface area contributed by atoms with Gasteiger partial charge in [0.15, 0.2) is 0 Å². The molecule has 3 heteroatoms. The van der Waals surface area contributed by atoms with Crippen LogP contribution in [0.15, 0.2) is 24.3 Å². The van der Waals surface area contributed by atoms with Crippen LogP contribution in [0.5, 0.6) is 5.75 Å². The first kappa shape index (κ1) is 11.8. The second-order valence-corrected chi connectivity index (χ2v) is 4.04. The largest absolute Gasteiger partial charge is 0.507 e. The number of hydrogen-bond acceptors (Lipinski definition) is 3. The van der Waals surface area contributed by atoms with Crippen LogP contribution in [-0.4, -0.2) is 20.9 Å². The van der Waals surface area contributed by atoms with Crippen molar-refractivity contribution in [2.24, 2.45) is 0 Å². The fraction of sp³-hybridized carbons (Fsp3) is 0.333. The topological polar surface area (TPSA) is 60.7 Å². The SMILES string of the molecule is CC(C)(O)C=Cc1cc(CO)ccc1O. The van der Waals surface area contributed by atoms with Gasteiger partial charge in [-0.15, -0.1) is 0 Å². The van der Waals surface area contributed by atoms with Crippen molar-refractivity contribution < 1.29 is 15.3 Å². The number of hydrogen-bond donors (Lipinski definition) is 3. The van der Waals surface area contributed by atoms with Crippen LogP contribution >= 0.6 is 0 Å². The summed E-state index contributed by atoms with van der Waals surface area (Å²) in [7, 11) is 0. The second kappa shape index (κ2) is 4.47. The smallest absolute Gasteiger partial charge is 0.122 e. The molecule has 1 aromatic rings. The minimum Gasteiger partial charge on any atom is -0.507 e. The highest BCUT2D eigenvalue weighted by Crippen LogP contribution is 2.21. The number of aliphatic hydroxyl groups excluding tert-OH is 1. The molecule has 0 aliphatic carbocycles. The zero-order valence-corrected chi connectivity index (χ0v) is 8.94. The van der Waals surface area contributed by atoms with E-state index in [1.165, 1.54) is 6.07 Å². The lowest BCUT2D eigenvalue weighted by atomic mass is 10.1. The van der Waals surface area contributed by atoms with Gasteiger partial charge in [0.05, 0.1) is 12.2 Å². The molecular formula is C12H16O3. The van der Waals surface area contributed by atoms with Crippen molar-refractivity contribution in [3.8, 4) is 5.75 Å². The molecule has 0 aliphatic heterocycles. The summed E-state index contributed by atoms with van der Waals surface area (Å²) in [5.74, 6) is 0.132. The minimum absolute atomic E-state index is 0.0658. The van der Waals surface area contributed by atoms with Gasteiger partial charge in [-0.05, 0) is 31.5 Å². The summed E-state index contributed by atoms with van der Waals surface area (Å²) in [4.78, 5) is 0. The van der Waals surface area contributed by atoms with Crippen molar-refractivity contribution in [1.29, 1.82) is 0 Å². The van der Waals surface area contributed by atoms with Crippen LogP contribution in [-0.2, 0) is 6.61 Å². The Morgan fingerprint density at radius 3 is 2.53 bits per heavy atom. The van der Waals surface area contributed by atoms with Crippen molar-refractivity contribution >= 4 is 6.08 Å². The van der Waals surface area contributed by atoms with E-state index in [2.05, 4.69) is 0 Å². The number of phenols is 1. The van der Waals surface area contributed by atoms with Crippen molar-refractivity contribution in [3.05, 3.63) is 35.4 Å². The molecule has 15 heavy (non-hydrogen) atoms. The first-order chi connectivity index (χ1) is 6.92. The molecule has 0 saturated carbocycles. The molecule has 82 valence electrons. The van der Waals surface area contributed by atoms with Crippen LogP contribution in [0.3, 0.4) is 0 Å². The zero-order valence-electron chi connectivity index (χ0n) is 8.94. The van der Waals surface area contributed by atoms with Crippen molar-refractivity contribution in [1.82, 2.24) is 0 Å². The lowest BCUT2D eigenvalue weighted by Gasteiger charge is -2.10. The lowest BCUT2D eigenvalue weighted by molar-refractivity contribution is 0.134. The summed E-state index contributed by atoms with van der Waals surface area (Å²) >= 11 is 0. The minimum atomic E-state index is -0.915. The van der Waals surface area contributed by atoms with Gasteiger partial charge < -0.3 is 15.3 Å². The van der Waals surface area contributed by atoms with Gasteiger partial charge in [-0.25, -0.2) is 0 Å². The van der Waals surface area contributed by atoms with E-state index in [-0.39, 0.29) is 12.4 Å². The quantitative estimate of drug-likeness (QED) is 0.708. The van der Waals surface area contributed by atoms with Gasteiger partial charge in [0.2, 0.25) is 0 Å². The van der Waals surface area contributed by atoms with Gasteiger partial charge >= 0.3 is 0 Å². The molecule has 0 radical (unpaired) electrons. The second-order valence-electron chi connectivity index (χ2n) is 4.04. The zero-order chi connectivity index (χ0) is 11.5. The van der Waals surface area contributed by atoms with Crippen LogP contribution in [0, 0.1) is 0 Å². The van der Waals surface area contributed by atoms with Gasteiger partial charge in [-0.2, -0.15) is 0 Å². The summed E-state index contributed by atoms with van der Waals surface area (Å²) in [6.45, 7) is 3.23. The Morgan fingerprint density at radius 2 is 2.00 bits per heavy atom. The maximum atomic E-state index is 9.51. The van der Waals surface area contributed by atoms with Crippen LogP contribution < -0.4 is 0 Å². The normalized spacial score (nSPS) is 12.3. The predicted molar refractivity (Wildman–Crippen MR) is 59.4 cm³/mol. The molecule has 0 bridgehead atoms. The van der Waals surface area contributed by atoms with Crippen molar-refractivity contribution in [3.63, 3.8) is 0 Å². The molecule has 0 saturated heterocycles. The van der Waals surface area contributed by atoms with Crippen LogP contribution in [0.25, 0.3) is 6.08 Å². The molecule has 0 spiro atoms. The van der Waals surface area contributed by atoms with E-state index >= 15 is 0 Å². The monoisotopic (exact) mass is 208 g/mol. The Kier molecular flexibility index (Phi) is 3.50. The maximum absolute atomic E-state index is 9.51. The molecule has 0 atom stereocenters. The number of benzene rings is 1. The molecule has 1 aromatic carbocycles. The van der Waals surface area contributed by atoms with Crippen LogP contribution in [0.1, 0.15) is 25.0 Å². The van der Waals surface area contributed by atoms with Gasteiger partial charge in [0.25, 0.3) is 0 Å². The van der Waals surface area contributed by atoms with Gasteiger partial charge in [-0.3, -0.25) is 0 Å². The highest BCUT2D eigenvalue weighted by molar-refractivity contribution is 5.58. The summed E-state index contributed by atoms with van der Waals surface area (Å²) in [6.07, 6.45) is 3.22. The summed E-state index contributed by atoms with van der Waals surface area (Å²) in [5, 5.41) is 27.9. The van der Waals surface area contributed by atoms with E-state index in [0.29, 0.717) is 5.56 Å². The highest BCUT2D eigenvalue weighted by Gasteiger charge is 2.07. The predicted octanol–water partition coefficient (Wildman–Crippen LogP) is 1.67. The highest BCUT2D eigenvalue weighted by atomic mass is 16.3. The van der Waals surface area contributed by atoms with E-state index in [9.17, 15) is 10.2 Å². The van der Waals surface area contributed by atoms with Crippen molar-refractivity contribution in [2.75, 3.05) is 0 Å². The number of aliphatic hydroxyl groups is 2. The van der Waals surface area contributed by atoms with E-state index in [1.54, 1.807) is 38.1 Å². The Balaban J connectivity index is 2.98. The lowest BCUT2D eigenvalue weighted by Crippen LogP contribution is -2.13. The molecule has 0 unspecified atom stereocenters. The summed E-state index contributed by atoms with van der Waals surface area (Å²) < 4.78 is 0. The Morgan fingerprint density at radius 1 is 1.33 bits per heavy atom. The third-order valence-corrected chi connectivity index (χ3v) is 1.95. The fourth-order valence-corrected chi connectivity index (χ4v) is 1.13. The van der Waals surface area contributed by atoms with E-state index in [4.69, 9.17) is 5.11 Å². The first-order valence-electron chi connectivity index (χ1n) is 4.77. The van der Waals surface area contributed by atoms with Gasteiger partial charge in [-0.1, -0.05) is 18.2 Å². The first-order valence-corrected chi connectivity index (χ1v) is 4.77. The molecule has 3 nitrogen and oxygen atoms in total. The molecule has 0 aromatic heterocycles. The maximum Gasteiger partial charge on any atom is 0.122 e. The number of phenolic OH excluding ortho intramolecular Hbond substituents is 1. The third kappa shape index (κ3) is 3.73. The summed E-state index contributed by atoms with van der Waals surface area (Å²) in [6, 6.07) is 4.85. The van der Waals surface area contributed by atoms with Gasteiger partial charge in [0.1, 0.15) is 5.75 Å². The fourth-order valence-electron chi connectivity index (χ4n) is 1.13. The Bertz CT molecular complexity index is 362. The third-order valence-electron chi connectivity index (χ3n) is 1.95. The molecule has 1 rings (SSSR count). The van der Waals surface area contributed by atoms with Crippen LogP contribution in [0.4, 0.5) is 0 Å². The van der Waals surface area contributed by atoms with Crippen molar-refractivity contribution in [2.45, 2.75) is 26.1 Å². The number of aromatic hydroxyl groups is 1. The Hall–Kier alpha value is -1.32.